The second-order valence-corrected chi connectivity index (χ2v) is 5.55. The normalized spacial score (nSPS) is 11.8. The third kappa shape index (κ3) is 4.36. The Kier molecular flexibility index (Phi) is 5.21. The molecule has 0 fully saturated rings. The molecule has 1 nitrogen and oxygen atoms in total. The fourth-order valence-corrected chi connectivity index (χ4v) is 1.39. The summed E-state index contributed by atoms with van der Waals surface area (Å²) < 4.78 is 0. The zero-order valence-corrected chi connectivity index (χ0v) is 11.9. The van der Waals surface area contributed by atoms with Gasteiger partial charge in [0.15, 0.2) is 0 Å². The van der Waals surface area contributed by atoms with Crippen LogP contribution in [0.4, 0.5) is 0 Å². The number of benzene rings is 1. The lowest BCUT2D eigenvalue weighted by Gasteiger charge is -2.24. The van der Waals surface area contributed by atoms with E-state index in [9.17, 15) is 0 Å². The van der Waals surface area contributed by atoms with Crippen LogP contribution in [0, 0.1) is 0 Å². The van der Waals surface area contributed by atoms with Gasteiger partial charge in [-0.3, -0.25) is 0 Å². The maximum Gasteiger partial charge on any atom is 0.0352 e. The van der Waals surface area contributed by atoms with E-state index in [1.165, 1.54) is 11.1 Å². The quantitative estimate of drug-likeness (QED) is 0.755. The Hall–Kier alpha value is -0.820. The second kappa shape index (κ2) is 5.49. The van der Waals surface area contributed by atoms with Crippen LogP contribution in [0.5, 0.6) is 0 Å². The Bertz CT molecular complexity index is 284. The van der Waals surface area contributed by atoms with E-state index >= 15 is 0 Å². The highest BCUT2D eigenvalue weighted by molar-refractivity contribution is 5.32. The fourth-order valence-electron chi connectivity index (χ4n) is 1.39. The van der Waals surface area contributed by atoms with Gasteiger partial charge in [-0.2, -0.15) is 0 Å². The Morgan fingerprint density at radius 3 is 1.69 bits per heavy atom. The molecule has 0 aliphatic carbocycles. The van der Waals surface area contributed by atoms with E-state index < -0.39 is 0 Å². The van der Waals surface area contributed by atoms with Gasteiger partial charge in [-0.1, -0.05) is 58.9 Å². The zero-order valence-electron chi connectivity index (χ0n) is 11.9. The first-order chi connectivity index (χ1) is 7.21. The lowest BCUT2D eigenvalue weighted by molar-refractivity contribution is 0.545. The first kappa shape index (κ1) is 15.2. The molecule has 1 heteroatoms. The van der Waals surface area contributed by atoms with Gasteiger partial charge >= 0.3 is 0 Å². The van der Waals surface area contributed by atoms with Crippen LogP contribution in [-0.4, -0.2) is 0 Å². The van der Waals surface area contributed by atoms with Crippen LogP contribution in [-0.2, 0) is 11.0 Å². The number of nitrogens with two attached hydrogens (primary N) is 1. The third-order valence-electron chi connectivity index (χ3n) is 2.47. The minimum absolute atomic E-state index is 0.196. The molecule has 0 aliphatic heterocycles. The average molecular weight is 221 g/mol. The molecule has 0 bridgehead atoms. The molecule has 0 aliphatic rings. The number of rotatable bonds is 1. The predicted octanol–water partition coefficient (Wildman–Crippen LogP) is 4.20. The maximum absolute atomic E-state index is 6.07. The molecular formula is C15H27N. The molecule has 0 unspecified atom stereocenters. The summed E-state index contributed by atoms with van der Waals surface area (Å²) in [5.74, 6) is 0. The van der Waals surface area contributed by atoms with Crippen LogP contribution < -0.4 is 5.73 Å². The molecule has 2 N–H and O–H groups in total. The largest absolute Gasteiger partial charge is 0.322 e. The molecule has 0 saturated carbocycles. The monoisotopic (exact) mass is 221 g/mol. The molecule has 16 heavy (non-hydrogen) atoms. The first-order valence-corrected chi connectivity index (χ1v) is 6.11. The summed E-state index contributed by atoms with van der Waals surface area (Å²) in [7, 11) is 0. The highest BCUT2D eigenvalue weighted by Gasteiger charge is 2.18. The van der Waals surface area contributed by atoms with E-state index in [2.05, 4.69) is 45.0 Å². The topological polar surface area (TPSA) is 26.0 Å². The minimum Gasteiger partial charge on any atom is -0.322 e. The van der Waals surface area contributed by atoms with E-state index in [1.54, 1.807) is 0 Å². The summed E-state index contributed by atoms with van der Waals surface area (Å²) in [5, 5.41) is 0. The minimum atomic E-state index is -0.249. The SMILES string of the molecule is CC.CC(C)(C)c1cccc(C(C)(C)N)c1. The molecular weight excluding hydrogens is 194 g/mol. The van der Waals surface area contributed by atoms with Crippen molar-refractivity contribution in [1.29, 1.82) is 0 Å². The highest BCUT2D eigenvalue weighted by Crippen LogP contribution is 2.26. The first-order valence-electron chi connectivity index (χ1n) is 6.11. The van der Waals surface area contributed by atoms with Crippen molar-refractivity contribution in [3.8, 4) is 0 Å². The third-order valence-corrected chi connectivity index (χ3v) is 2.47. The number of hydrogen-bond acceptors (Lipinski definition) is 1. The van der Waals surface area contributed by atoms with Crippen molar-refractivity contribution in [2.24, 2.45) is 5.73 Å². The van der Waals surface area contributed by atoms with Crippen LogP contribution in [0.1, 0.15) is 59.6 Å². The van der Waals surface area contributed by atoms with Gasteiger partial charge in [0.05, 0.1) is 0 Å². The summed E-state index contributed by atoms with van der Waals surface area (Å²) in [6.07, 6.45) is 0. The summed E-state index contributed by atoms with van der Waals surface area (Å²) in [5.41, 5.74) is 8.56. The number of hydrogen-bond donors (Lipinski definition) is 1. The van der Waals surface area contributed by atoms with Gasteiger partial charge in [0.2, 0.25) is 0 Å². The van der Waals surface area contributed by atoms with Crippen LogP contribution in [0.25, 0.3) is 0 Å². The smallest absolute Gasteiger partial charge is 0.0352 e. The Balaban J connectivity index is 0.00000106. The van der Waals surface area contributed by atoms with E-state index in [0.717, 1.165) is 0 Å². The summed E-state index contributed by atoms with van der Waals surface area (Å²) in [6.45, 7) is 14.7. The molecule has 0 atom stereocenters. The lowest BCUT2D eigenvalue weighted by Crippen LogP contribution is -2.29. The van der Waals surface area contributed by atoms with Crippen LogP contribution in [0.15, 0.2) is 24.3 Å². The van der Waals surface area contributed by atoms with Gasteiger partial charge in [0.25, 0.3) is 0 Å². The molecule has 0 amide bonds. The molecule has 0 heterocycles. The molecule has 0 saturated heterocycles. The maximum atomic E-state index is 6.07. The van der Waals surface area contributed by atoms with Crippen LogP contribution in [0.3, 0.4) is 0 Å². The van der Waals surface area contributed by atoms with Crippen molar-refractivity contribution in [1.82, 2.24) is 0 Å². The van der Waals surface area contributed by atoms with E-state index in [0.29, 0.717) is 0 Å². The fraction of sp³-hybridized carbons (Fsp3) is 0.600. The summed E-state index contributed by atoms with van der Waals surface area (Å²) in [4.78, 5) is 0. The van der Waals surface area contributed by atoms with E-state index in [4.69, 9.17) is 5.73 Å². The van der Waals surface area contributed by atoms with Crippen molar-refractivity contribution >= 4 is 0 Å². The van der Waals surface area contributed by atoms with Gasteiger partial charge in [-0.05, 0) is 30.4 Å². The average Bonchev–Trinajstić information content (AvgIpc) is 2.18. The molecule has 0 radical (unpaired) electrons. The second-order valence-electron chi connectivity index (χ2n) is 5.55. The molecule has 0 aromatic heterocycles. The molecule has 1 aromatic rings. The molecule has 1 aromatic carbocycles. The highest BCUT2D eigenvalue weighted by atomic mass is 14.7. The summed E-state index contributed by atoms with van der Waals surface area (Å²) >= 11 is 0. The van der Waals surface area contributed by atoms with Crippen LogP contribution in [0.2, 0.25) is 0 Å². The van der Waals surface area contributed by atoms with Crippen LogP contribution >= 0.6 is 0 Å². The van der Waals surface area contributed by atoms with Crippen molar-refractivity contribution in [2.45, 2.75) is 59.4 Å². The van der Waals surface area contributed by atoms with Gasteiger partial charge in [0, 0.05) is 5.54 Å². The Labute approximate surface area is 101 Å². The zero-order chi connectivity index (χ0) is 13.0. The Morgan fingerprint density at radius 1 is 0.875 bits per heavy atom. The van der Waals surface area contributed by atoms with Gasteiger partial charge in [0.1, 0.15) is 0 Å². The van der Waals surface area contributed by atoms with Crippen molar-refractivity contribution in [3.05, 3.63) is 35.4 Å². The Morgan fingerprint density at radius 2 is 1.31 bits per heavy atom. The van der Waals surface area contributed by atoms with Gasteiger partial charge in [-0.25, -0.2) is 0 Å². The van der Waals surface area contributed by atoms with E-state index in [1.807, 2.05) is 27.7 Å². The molecule has 92 valence electrons. The van der Waals surface area contributed by atoms with Gasteiger partial charge < -0.3 is 5.73 Å². The summed E-state index contributed by atoms with van der Waals surface area (Å²) in [6, 6.07) is 8.55. The van der Waals surface area contributed by atoms with Crippen molar-refractivity contribution in [3.63, 3.8) is 0 Å². The molecule has 1 rings (SSSR count). The standard InChI is InChI=1S/C13H21N.C2H6/c1-12(2,3)10-7-6-8-11(9-10)13(4,5)14;1-2/h6-9H,14H2,1-5H3;1-2H3. The van der Waals surface area contributed by atoms with Gasteiger partial charge in [-0.15, -0.1) is 0 Å². The van der Waals surface area contributed by atoms with Crippen molar-refractivity contribution < 1.29 is 0 Å². The van der Waals surface area contributed by atoms with E-state index in [-0.39, 0.29) is 11.0 Å². The lowest BCUT2D eigenvalue weighted by atomic mass is 9.83. The van der Waals surface area contributed by atoms with Crippen molar-refractivity contribution in [2.75, 3.05) is 0 Å². The molecule has 0 spiro atoms. The predicted molar refractivity (Wildman–Crippen MR) is 73.7 cm³/mol.